The van der Waals surface area contributed by atoms with Crippen molar-refractivity contribution >= 4 is 16.9 Å². The highest BCUT2D eigenvalue weighted by Crippen LogP contribution is 2.27. The van der Waals surface area contributed by atoms with Gasteiger partial charge in [-0.15, -0.1) is 0 Å². The molecule has 4 heteroatoms. The van der Waals surface area contributed by atoms with Gasteiger partial charge in [0, 0.05) is 6.04 Å². The standard InChI is InChI=1S/C18H21N3O/c1-5-14-6-8-15(9-7-14)12(3)19-17-16-10-11(2)22-18(16)21-13(4)20-17/h6-10,12H,5H2,1-4H3,(H,19,20,21). The Morgan fingerprint density at radius 1 is 1.14 bits per heavy atom. The van der Waals surface area contributed by atoms with E-state index < -0.39 is 0 Å². The van der Waals surface area contributed by atoms with Crippen LogP contribution in [0.4, 0.5) is 5.82 Å². The molecule has 114 valence electrons. The van der Waals surface area contributed by atoms with Gasteiger partial charge in [0.05, 0.1) is 5.39 Å². The number of anilines is 1. The van der Waals surface area contributed by atoms with E-state index >= 15 is 0 Å². The second-order valence-electron chi connectivity index (χ2n) is 5.66. The van der Waals surface area contributed by atoms with Crippen LogP contribution in [0.3, 0.4) is 0 Å². The Morgan fingerprint density at radius 2 is 1.86 bits per heavy atom. The highest BCUT2D eigenvalue weighted by atomic mass is 16.3. The summed E-state index contributed by atoms with van der Waals surface area (Å²) in [5.74, 6) is 2.38. The average Bonchev–Trinajstić information content (AvgIpc) is 2.87. The highest BCUT2D eigenvalue weighted by Gasteiger charge is 2.13. The number of hydrogen-bond acceptors (Lipinski definition) is 4. The number of nitrogens with zero attached hydrogens (tertiary/aromatic N) is 2. The van der Waals surface area contributed by atoms with Crippen molar-refractivity contribution in [2.45, 2.75) is 40.2 Å². The summed E-state index contributed by atoms with van der Waals surface area (Å²) in [4.78, 5) is 8.87. The number of nitrogens with one attached hydrogen (secondary N) is 1. The summed E-state index contributed by atoms with van der Waals surface area (Å²) in [6.07, 6.45) is 1.06. The average molecular weight is 295 g/mol. The van der Waals surface area contributed by atoms with Crippen molar-refractivity contribution in [1.29, 1.82) is 0 Å². The number of fused-ring (bicyclic) bond motifs is 1. The lowest BCUT2D eigenvalue weighted by atomic mass is 10.0. The molecular weight excluding hydrogens is 274 g/mol. The van der Waals surface area contributed by atoms with Crippen molar-refractivity contribution in [2.75, 3.05) is 5.32 Å². The van der Waals surface area contributed by atoms with Gasteiger partial charge in [-0.2, -0.15) is 4.98 Å². The summed E-state index contributed by atoms with van der Waals surface area (Å²) in [6, 6.07) is 10.8. The SMILES string of the molecule is CCc1ccc(C(C)Nc2nc(C)nc3oc(C)cc23)cc1. The predicted octanol–water partition coefficient (Wildman–Crippen LogP) is 4.58. The van der Waals surface area contributed by atoms with Crippen molar-refractivity contribution < 1.29 is 4.42 Å². The molecule has 0 aliphatic heterocycles. The number of hydrogen-bond donors (Lipinski definition) is 1. The molecule has 22 heavy (non-hydrogen) atoms. The van der Waals surface area contributed by atoms with Crippen LogP contribution in [0.1, 0.15) is 42.6 Å². The van der Waals surface area contributed by atoms with E-state index in [1.165, 1.54) is 11.1 Å². The molecule has 0 saturated carbocycles. The fourth-order valence-electron chi connectivity index (χ4n) is 2.59. The first-order chi connectivity index (χ1) is 10.6. The summed E-state index contributed by atoms with van der Waals surface area (Å²) in [7, 11) is 0. The molecule has 4 nitrogen and oxygen atoms in total. The number of furan rings is 1. The molecule has 0 spiro atoms. The Labute approximate surface area is 130 Å². The van der Waals surface area contributed by atoms with Gasteiger partial charge in [-0.3, -0.25) is 0 Å². The molecule has 0 amide bonds. The van der Waals surface area contributed by atoms with Crippen LogP contribution in [0.15, 0.2) is 34.7 Å². The van der Waals surface area contributed by atoms with Crippen LogP contribution < -0.4 is 5.32 Å². The Bertz CT molecular complexity index is 790. The van der Waals surface area contributed by atoms with Gasteiger partial charge in [0.1, 0.15) is 17.4 Å². The quantitative estimate of drug-likeness (QED) is 0.765. The monoisotopic (exact) mass is 295 g/mol. The van der Waals surface area contributed by atoms with Crippen LogP contribution in [0.5, 0.6) is 0 Å². The first-order valence-electron chi connectivity index (χ1n) is 7.67. The fraction of sp³-hybridized carbons (Fsp3) is 0.333. The Morgan fingerprint density at radius 3 is 2.55 bits per heavy atom. The van der Waals surface area contributed by atoms with Crippen LogP contribution in [-0.4, -0.2) is 9.97 Å². The van der Waals surface area contributed by atoms with Crippen LogP contribution >= 0.6 is 0 Å². The van der Waals surface area contributed by atoms with E-state index in [2.05, 4.69) is 53.4 Å². The van der Waals surface area contributed by atoms with Gasteiger partial charge < -0.3 is 9.73 Å². The summed E-state index contributed by atoms with van der Waals surface area (Å²) >= 11 is 0. The van der Waals surface area contributed by atoms with E-state index in [0.29, 0.717) is 11.5 Å². The number of benzene rings is 1. The molecule has 2 aromatic heterocycles. The second-order valence-corrected chi connectivity index (χ2v) is 5.66. The largest absolute Gasteiger partial charge is 0.443 e. The molecule has 3 aromatic rings. The van der Waals surface area contributed by atoms with Gasteiger partial charge in [0.25, 0.3) is 0 Å². The van der Waals surface area contributed by atoms with Crippen molar-refractivity contribution in [3.8, 4) is 0 Å². The van der Waals surface area contributed by atoms with E-state index in [-0.39, 0.29) is 6.04 Å². The summed E-state index contributed by atoms with van der Waals surface area (Å²) in [5.41, 5.74) is 3.23. The maximum atomic E-state index is 5.62. The maximum Gasteiger partial charge on any atom is 0.231 e. The first kappa shape index (κ1) is 14.6. The maximum absolute atomic E-state index is 5.62. The lowest BCUT2D eigenvalue weighted by molar-refractivity contribution is 0.566. The van der Waals surface area contributed by atoms with Crippen LogP contribution in [0, 0.1) is 13.8 Å². The molecule has 1 aromatic carbocycles. The summed E-state index contributed by atoms with van der Waals surface area (Å²) in [5, 5.41) is 4.41. The molecule has 0 fully saturated rings. The van der Waals surface area contributed by atoms with E-state index in [4.69, 9.17) is 4.42 Å². The van der Waals surface area contributed by atoms with Crippen molar-refractivity contribution in [3.63, 3.8) is 0 Å². The molecule has 2 heterocycles. The molecule has 1 atom stereocenters. The molecular formula is C18H21N3O. The predicted molar refractivity (Wildman–Crippen MR) is 89.1 cm³/mol. The molecule has 0 aliphatic carbocycles. The molecule has 3 rings (SSSR count). The third-order valence-electron chi connectivity index (χ3n) is 3.87. The highest BCUT2D eigenvalue weighted by molar-refractivity contribution is 5.86. The van der Waals surface area contributed by atoms with E-state index in [0.717, 1.165) is 23.4 Å². The van der Waals surface area contributed by atoms with Gasteiger partial charge >= 0.3 is 0 Å². The molecule has 0 aliphatic rings. The number of aryl methyl sites for hydroxylation is 3. The normalized spacial score (nSPS) is 12.5. The molecule has 0 bridgehead atoms. The van der Waals surface area contributed by atoms with Crippen LogP contribution in [0.2, 0.25) is 0 Å². The Kier molecular flexibility index (Phi) is 3.84. The van der Waals surface area contributed by atoms with Gasteiger partial charge in [-0.25, -0.2) is 4.98 Å². The van der Waals surface area contributed by atoms with Gasteiger partial charge in [-0.1, -0.05) is 31.2 Å². The zero-order valence-electron chi connectivity index (χ0n) is 13.5. The van der Waals surface area contributed by atoms with Crippen LogP contribution in [-0.2, 0) is 6.42 Å². The summed E-state index contributed by atoms with van der Waals surface area (Å²) < 4.78 is 5.62. The van der Waals surface area contributed by atoms with Gasteiger partial charge in [0.2, 0.25) is 5.71 Å². The zero-order chi connectivity index (χ0) is 15.7. The zero-order valence-corrected chi connectivity index (χ0v) is 13.5. The molecule has 1 unspecified atom stereocenters. The van der Waals surface area contributed by atoms with E-state index in [1.807, 2.05) is 19.9 Å². The van der Waals surface area contributed by atoms with Crippen molar-refractivity contribution in [2.24, 2.45) is 0 Å². The lowest BCUT2D eigenvalue weighted by Gasteiger charge is -2.16. The first-order valence-corrected chi connectivity index (χ1v) is 7.67. The fourth-order valence-corrected chi connectivity index (χ4v) is 2.59. The number of rotatable bonds is 4. The molecule has 0 radical (unpaired) electrons. The minimum absolute atomic E-state index is 0.165. The van der Waals surface area contributed by atoms with Crippen LogP contribution in [0.25, 0.3) is 11.1 Å². The van der Waals surface area contributed by atoms with Gasteiger partial charge in [-0.05, 0) is 44.4 Å². The van der Waals surface area contributed by atoms with Crippen molar-refractivity contribution in [1.82, 2.24) is 9.97 Å². The Hall–Kier alpha value is -2.36. The minimum atomic E-state index is 0.165. The number of aromatic nitrogens is 2. The molecule has 1 N–H and O–H groups in total. The lowest BCUT2D eigenvalue weighted by Crippen LogP contribution is -2.09. The Balaban J connectivity index is 1.91. The van der Waals surface area contributed by atoms with E-state index in [1.54, 1.807) is 0 Å². The minimum Gasteiger partial charge on any atom is -0.443 e. The van der Waals surface area contributed by atoms with E-state index in [9.17, 15) is 0 Å². The third-order valence-corrected chi connectivity index (χ3v) is 3.87. The van der Waals surface area contributed by atoms with Gasteiger partial charge in [0.15, 0.2) is 0 Å². The molecule has 0 saturated heterocycles. The topological polar surface area (TPSA) is 51.0 Å². The smallest absolute Gasteiger partial charge is 0.231 e. The van der Waals surface area contributed by atoms with Crippen molar-refractivity contribution in [3.05, 3.63) is 53.0 Å². The third kappa shape index (κ3) is 2.82. The summed E-state index contributed by atoms with van der Waals surface area (Å²) in [6.45, 7) is 8.10. The second kappa shape index (κ2) is 5.79.